The minimum absolute atomic E-state index is 0.0207. The number of aliphatic hydroxyl groups excluding tert-OH is 1. The Morgan fingerprint density at radius 2 is 2.17 bits per heavy atom. The number of sulfonamides is 1. The van der Waals surface area contributed by atoms with Crippen molar-refractivity contribution in [2.45, 2.75) is 11.5 Å². The van der Waals surface area contributed by atoms with Crippen molar-refractivity contribution >= 4 is 28.1 Å². The normalized spacial score (nSPS) is 11.6. The zero-order valence-corrected chi connectivity index (χ0v) is 11.3. The van der Waals surface area contributed by atoms with E-state index in [1.165, 1.54) is 12.1 Å². The highest BCUT2D eigenvalue weighted by atomic mass is 32.2. The first-order chi connectivity index (χ1) is 8.60. The van der Waals surface area contributed by atoms with E-state index in [4.69, 9.17) is 9.52 Å². The van der Waals surface area contributed by atoms with E-state index in [1.807, 2.05) is 0 Å². The molecule has 0 saturated heterocycles. The van der Waals surface area contributed by atoms with Crippen molar-refractivity contribution in [3.05, 3.63) is 17.9 Å². The molecule has 0 bridgehead atoms. The lowest BCUT2D eigenvalue weighted by molar-refractivity contribution is 0.109. The molecule has 1 aromatic rings. The number of nitrogens with one attached hydrogen (secondary N) is 1. The standard InChI is InChI=1S/C10H15NO5S2/c12-5-1-6-17-7-4-11-18(14,15)10-3-2-9(8-13)16-10/h2-3,8,11-12H,1,4-7H2. The van der Waals surface area contributed by atoms with Gasteiger partial charge in [0, 0.05) is 18.9 Å². The lowest BCUT2D eigenvalue weighted by Gasteiger charge is -2.03. The summed E-state index contributed by atoms with van der Waals surface area (Å²) in [6.07, 6.45) is 1.14. The van der Waals surface area contributed by atoms with Crippen LogP contribution in [-0.4, -0.2) is 44.5 Å². The summed E-state index contributed by atoms with van der Waals surface area (Å²) in [6.45, 7) is 0.412. The summed E-state index contributed by atoms with van der Waals surface area (Å²) in [6, 6.07) is 2.54. The summed E-state index contributed by atoms with van der Waals surface area (Å²) in [4.78, 5) is 10.4. The predicted molar refractivity (Wildman–Crippen MR) is 68.3 cm³/mol. The summed E-state index contributed by atoms with van der Waals surface area (Å²) in [5.74, 6) is 1.38. The van der Waals surface area contributed by atoms with Gasteiger partial charge in [-0.3, -0.25) is 4.79 Å². The lowest BCUT2D eigenvalue weighted by Crippen LogP contribution is -2.25. The molecule has 8 heteroatoms. The van der Waals surface area contributed by atoms with Gasteiger partial charge in [0.2, 0.25) is 5.09 Å². The molecule has 0 saturated carbocycles. The Hall–Kier alpha value is -0.830. The van der Waals surface area contributed by atoms with E-state index in [1.54, 1.807) is 11.8 Å². The molecule has 1 rings (SSSR count). The molecule has 102 valence electrons. The van der Waals surface area contributed by atoms with E-state index in [-0.39, 0.29) is 24.0 Å². The molecule has 2 N–H and O–H groups in total. The van der Waals surface area contributed by atoms with Gasteiger partial charge in [0.25, 0.3) is 10.0 Å². The maximum absolute atomic E-state index is 11.7. The van der Waals surface area contributed by atoms with E-state index >= 15 is 0 Å². The van der Waals surface area contributed by atoms with Crippen LogP contribution in [-0.2, 0) is 10.0 Å². The monoisotopic (exact) mass is 293 g/mol. The average Bonchev–Trinajstić information content (AvgIpc) is 2.83. The Morgan fingerprint density at radius 3 is 2.78 bits per heavy atom. The number of rotatable bonds is 9. The second-order valence-electron chi connectivity index (χ2n) is 3.36. The minimum atomic E-state index is -3.68. The van der Waals surface area contributed by atoms with Crippen molar-refractivity contribution in [1.29, 1.82) is 0 Å². The average molecular weight is 293 g/mol. The van der Waals surface area contributed by atoms with Gasteiger partial charge in [0.1, 0.15) is 0 Å². The molecule has 0 radical (unpaired) electrons. The van der Waals surface area contributed by atoms with Gasteiger partial charge in [-0.25, -0.2) is 13.1 Å². The van der Waals surface area contributed by atoms with Crippen LogP contribution >= 0.6 is 11.8 Å². The summed E-state index contributed by atoms with van der Waals surface area (Å²) >= 11 is 1.55. The number of furan rings is 1. The molecule has 1 aromatic heterocycles. The largest absolute Gasteiger partial charge is 0.440 e. The van der Waals surface area contributed by atoms with Gasteiger partial charge in [-0.15, -0.1) is 0 Å². The summed E-state index contributed by atoms with van der Waals surface area (Å²) in [7, 11) is -3.68. The van der Waals surface area contributed by atoms with Crippen LogP contribution in [0.4, 0.5) is 0 Å². The summed E-state index contributed by atoms with van der Waals surface area (Å²) in [5.41, 5.74) is 0. The van der Waals surface area contributed by atoms with Crippen molar-refractivity contribution < 1.29 is 22.7 Å². The Morgan fingerprint density at radius 1 is 1.39 bits per heavy atom. The molecule has 6 nitrogen and oxygen atoms in total. The lowest BCUT2D eigenvalue weighted by atomic mass is 10.5. The highest BCUT2D eigenvalue weighted by Crippen LogP contribution is 2.12. The van der Waals surface area contributed by atoms with Gasteiger partial charge >= 0.3 is 0 Å². The fourth-order valence-corrected chi connectivity index (χ4v) is 3.01. The minimum Gasteiger partial charge on any atom is -0.440 e. The third-order valence-corrected chi connectivity index (χ3v) is 4.37. The van der Waals surface area contributed by atoms with Gasteiger partial charge in [-0.05, 0) is 24.3 Å². The number of aldehydes is 1. The van der Waals surface area contributed by atoms with E-state index in [0.717, 1.165) is 5.75 Å². The van der Waals surface area contributed by atoms with Crippen LogP contribution in [0.2, 0.25) is 0 Å². The second-order valence-corrected chi connectivity index (χ2v) is 6.28. The number of thioether (sulfide) groups is 1. The first-order valence-corrected chi connectivity index (χ1v) is 7.97. The molecule has 18 heavy (non-hydrogen) atoms. The maximum Gasteiger partial charge on any atom is 0.274 e. The molecule has 0 aliphatic carbocycles. The van der Waals surface area contributed by atoms with Crippen LogP contribution in [0.3, 0.4) is 0 Å². The highest BCUT2D eigenvalue weighted by Gasteiger charge is 2.17. The summed E-state index contributed by atoms with van der Waals surface area (Å²) in [5, 5.41) is 8.30. The first kappa shape index (κ1) is 15.2. The SMILES string of the molecule is O=Cc1ccc(S(=O)(=O)NCCSCCCO)o1. The fourth-order valence-electron chi connectivity index (χ4n) is 1.13. The number of hydrogen-bond donors (Lipinski definition) is 2. The molecule has 0 amide bonds. The van der Waals surface area contributed by atoms with Crippen molar-refractivity contribution in [2.75, 3.05) is 24.7 Å². The smallest absolute Gasteiger partial charge is 0.274 e. The van der Waals surface area contributed by atoms with Crippen LogP contribution in [0, 0.1) is 0 Å². The second kappa shape index (κ2) is 7.57. The molecule has 0 unspecified atom stereocenters. The van der Waals surface area contributed by atoms with Crippen molar-refractivity contribution in [1.82, 2.24) is 4.72 Å². The molecule has 0 fully saturated rings. The Bertz CT molecular complexity index is 468. The van der Waals surface area contributed by atoms with E-state index < -0.39 is 10.0 Å². The molecule has 0 spiro atoms. The molecule has 0 aliphatic rings. The van der Waals surface area contributed by atoms with Gasteiger partial charge in [0.05, 0.1) is 0 Å². The van der Waals surface area contributed by atoms with Crippen LogP contribution in [0.5, 0.6) is 0 Å². The maximum atomic E-state index is 11.7. The highest BCUT2D eigenvalue weighted by molar-refractivity contribution is 7.99. The first-order valence-electron chi connectivity index (χ1n) is 5.33. The Kier molecular flexibility index (Phi) is 6.41. The summed E-state index contributed by atoms with van der Waals surface area (Å²) < 4.78 is 30.6. The third-order valence-electron chi connectivity index (χ3n) is 1.97. The van der Waals surface area contributed by atoms with Crippen LogP contribution in [0.15, 0.2) is 21.6 Å². The predicted octanol–water partition coefficient (Wildman–Crippen LogP) is 0.486. The molecular formula is C10H15NO5S2. The Labute approximate surface area is 110 Å². The van der Waals surface area contributed by atoms with E-state index in [9.17, 15) is 13.2 Å². The fraction of sp³-hybridized carbons (Fsp3) is 0.500. The zero-order valence-electron chi connectivity index (χ0n) is 9.66. The van der Waals surface area contributed by atoms with Gasteiger partial charge in [-0.2, -0.15) is 11.8 Å². The number of aliphatic hydroxyl groups is 1. The molecule has 0 aliphatic heterocycles. The van der Waals surface area contributed by atoms with Gasteiger partial charge < -0.3 is 9.52 Å². The van der Waals surface area contributed by atoms with Crippen LogP contribution in [0.25, 0.3) is 0 Å². The molecule has 0 aromatic carbocycles. The number of hydrogen-bond acceptors (Lipinski definition) is 6. The zero-order chi connectivity index (χ0) is 13.4. The van der Waals surface area contributed by atoms with Crippen molar-refractivity contribution in [3.8, 4) is 0 Å². The van der Waals surface area contributed by atoms with Crippen LogP contribution < -0.4 is 4.72 Å². The Balaban J connectivity index is 2.38. The van der Waals surface area contributed by atoms with Gasteiger partial charge in [0.15, 0.2) is 12.0 Å². The van der Waals surface area contributed by atoms with E-state index in [0.29, 0.717) is 18.5 Å². The van der Waals surface area contributed by atoms with Crippen LogP contribution in [0.1, 0.15) is 17.0 Å². The van der Waals surface area contributed by atoms with Crippen molar-refractivity contribution in [2.24, 2.45) is 0 Å². The quantitative estimate of drug-likeness (QED) is 0.508. The molecular weight excluding hydrogens is 278 g/mol. The number of carbonyl (C=O) groups is 1. The molecule has 1 heterocycles. The topological polar surface area (TPSA) is 96.6 Å². The van der Waals surface area contributed by atoms with E-state index in [2.05, 4.69) is 4.72 Å². The number of carbonyl (C=O) groups excluding carboxylic acids is 1. The van der Waals surface area contributed by atoms with Crippen molar-refractivity contribution in [3.63, 3.8) is 0 Å². The third kappa shape index (κ3) is 4.81. The molecule has 0 atom stereocenters. The van der Waals surface area contributed by atoms with Gasteiger partial charge in [-0.1, -0.05) is 0 Å².